The number of nitrogens with zero attached hydrogens (tertiary/aromatic N) is 2. The minimum absolute atomic E-state index is 0.0294. The van der Waals surface area contributed by atoms with E-state index < -0.39 is 10.0 Å². The Labute approximate surface area is 178 Å². The van der Waals surface area contributed by atoms with Gasteiger partial charge in [0, 0.05) is 18.7 Å². The molecule has 1 aliphatic heterocycles. The van der Waals surface area contributed by atoms with Crippen LogP contribution in [-0.4, -0.2) is 62.2 Å². The van der Waals surface area contributed by atoms with Crippen LogP contribution in [0.1, 0.15) is 28.8 Å². The van der Waals surface area contributed by atoms with Crippen LogP contribution in [0, 0.1) is 0 Å². The van der Waals surface area contributed by atoms with E-state index in [4.69, 9.17) is 5.73 Å². The Morgan fingerprint density at radius 1 is 1.13 bits per heavy atom. The van der Waals surface area contributed by atoms with Gasteiger partial charge in [-0.2, -0.15) is 0 Å². The van der Waals surface area contributed by atoms with E-state index in [0.29, 0.717) is 24.3 Å². The molecule has 1 unspecified atom stereocenters. The molecule has 0 aromatic heterocycles. The zero-order valence-corrected chi connectivity index (χ0v) is 17.8. The molecule has 3 rings (SSSR count). The largest absolute Gasteiger partial charge is 0.392 e. The van der Waals surface area contributed by atoms with E-state index in [2.05, 4.69) is 0 Å². The summed E-state index contributed by atoms with van der Waals surface area (Å²) in [7, 11) is -3.60. The first-order valence-corrected chi connectivity index (χ1v) is 11.8. The SMILES string of the molecule is NCC(=O)c1ccc(CN(c2ccccc2)S(=O)(=O)CCN2CCCC(O)C2)cc1. The second kappa shape index (κ2) is 10.2. The number of carbonyl (C=O) groups excluding carboxylic acids is 1. The summed E-state index contributed by atoms with van der Waals surface area (Å²) in [5.74, 6) is -0.184. The van der Waals surface area contributed by atoms with Gasteiger partial charge in [0.1, 0.15) is 0 Å². The number of sulfonamides is 1. The Balaban J connectivity index is 1.77. The molecule has 0 bridgehead atoms. The molecule has 0 spiro atoms. The van der Waals surface area contributed by atoms with E-state index in [0.717, 1.165) is 24.9 Å². The van der Waals surface area contributed by atoms with Crippen molar-refractivity contribution in [2.45, 2.75) is 25.5 Å². The van der Waals surface area contributed by atoms with Crippen LogP contribution in [0.2, 0.25) is 0 Å². The number of carbonyl (C=O) groups is 1. The molecule has 8 heteroatoms. The maximum absolute atomic E-state index is 13.2. The fraction of sp³-hybridized carbons (Fsp3) is 0.409. The first-order valence-electron chi connectivity index (χ1n) is 10.2. The lowest BCUT2D eigenvalue weighted by molar-refractivity contribution is 0.0740. The maximum atomic E-state index is 13.2. The Morgan fingerprint density at radius 2 is 1.83 bits per heavy atom. The van der Waals surface area contributed by atoms with Crippen LogP contribution in [-0.2, 0) is 16.6 Å². The molecular formula is C22H29N3O4S. The highest BCUT2D eigenvalue weighted by Crippen LogP contribution is 2.22. The summed E-state index contributed by atoms with van der Waals surface area (Å²) < 4.78 is 27.9. The molecule has 1 heterocycles. The monoisotopic (exact) mass is 431 g/mol. The average Bonchev–Trinajstić information content (AvgIpc) is 2.76. The van der Waals surface area contributed by atoms with Crippen molar-refractivity contribution in [1.29, 1.82) is 0 Å². The Hall–Kier alpha value is -2.26. The maximum Gasteiger partial charge on any atom is 0.236 e. The Kier molecular flexibility index (Phi) is 7.60. The number of piperidine rings is 1. The molecule has 0 aliphatic carbocycles. The van der Waals surface area contributed by atoms with Crippen LogP contribution >= 0.6 is 0 Å². The van der Waals surface area contributed by atoms with Gasteiger partial charge in [-0.15, -0.1) is 0 Å². The molecule has 2 aromatic rings. The smallest absolute Gasteiger partial charge is 0.236 e. The van der Waals surface area contributed by atoms with Crippen LogP contribution in [0.5, 0.6) is 0 Å². The molecule has 0 radical (unpaired) electrons. The summed E-state index contributed by atoms with van der Waals surface area (Å²) in [4.78, 5) is 13.7. The van der Waals surface area contributed by atoms with Gasteiger partial charge in [0.15, 0.2) is 5.78 Å². The van der Waals surface area contributed by atoms with Gasteiger partial charge in [-0.25, -0.2) is 8.42 Å². The number of β-amino-alcohol motifs (C(OH)–C–C–N with tert-alkyl or cyclic N) is 1. The van der Waals surface area contributed by atoms with Crippen LogP contribution in [0.4, 0.5) is 5.69 Å². The molecule has 1 fully saturated rings. The van der Waals surface area contributed by atoms with Crippen molar-refractivity contribution in [3.63, 3.8) is 0 Å². The number of likely N-dealkylation sites (tertiary alicyclic amines) is 1. The Bertz CT molecular complexity index is 933. The third kappa shape index (κ3) is 5.89. The average molecular weight is 432 g/mol. The third-order valence-electron chi connectivity index (χ3n) is 5.31. The minimum Gasteiger partial charge on any atom is -0.392 e. The number of hydrogen-bond acceptors (Lipinski definition) is 6. The van der Waals surface area contributed by atoms with Gasteiger partial charge < -0.3 is 10.8 Å². The van der Waals surface area contributed by atoms with Gasteiger partial charge in [0.05, 0.1) is 30.6 Å². The predicted molar refractivity (Wildman–Crippen MR) is 118 cm³/mol. The first-order chi connectivity index (χ1) is 14.4. The number of hydrogen-bond donors (Lipinski definition) is 2. The highest BCUT2D eigenvalue weighted by molar-refractivity contribution is 7.92. The molecule has 162 valence electrons. The van der Waals surface area contributed by atoms with Crippen molar-refractivity contribution in [2.75, 3.05) is 36.2 Å². The molecule has 0 saturated carbocycles. The van der Waals surface area contributed by atoms with Gasteiger partial charge in [-0.05, 0) is 37.1 Å². The standard InChI is InChI=1S/C22H29N3O4S/c23-15-22(27)19-10-8-18(9-11-19)16-25(20-5-2-1-3-6-20)30(28,29)14-13-24-12-4-7-21(26)17-24/h1-3,5-6,8-11,21,26H,4,7,12-17,23H2. The summed E-state index contributed by atoms with van der Waals surface area (Å²) in [6, 6.07) is 15.9. The number of aliphatic hydroxyl groups is 1. The molecule has 0 amide bonds. The topological polar surface area (TPSA) is 104 Å². The molecule has 3 N–H and O–H groups in total. The van der Waals surface area contributed by atoms with Crippen LogP contribution in [0.3, 0.4) is 0 Å². The van der Waals surface area contributed by atoms with Gasteiger partial charge >= 0.3 is 0 Å². The zero-order valence-electron chi connectivity index (χ0n) is 17.0. The number of aliphatic hydroxyl groups excluding tert-OH is 1. The summed E-state index contributed by atoms with van der Waals surface area (Å²) in [6.07, 6.45) is 1.25. The fourth-order valence-corrected chi connectivity index (χ4v) is 5.11. The van der Waals surface area contributed by atoms with Gasteiger partial charge in [0.25, 0.3) is 0 Å². The summed E-state index contributed by atoms with van der Waals surface area (Å²) in [6.45, 7) is 1.81. The summed E-state index contributed by atoms with van der Waals surface area (Å²) in [5, 5.41) is 9.84. The second-order valence-electron chi connectivity index (χ2n) is 7.58. The lowest BCUT2D eigenvalue weighted by atomic mass is 10.1. The van der Waals surface area contributed by atoms with E-state index in [1.54, 1.807) is 36.4 Å². The highest BCUT2D eigenvalue weighted by atomic mass is 32.2. The third-order valence-corrected chi connectivity index (χ3v) is 7.02. The zero-order chi connectivity index (χ0) is 21.6. The molecule has 1 saturated heterocycles. The van der Waals surface area contributed by atoms with Crippen molar-refractivity contribution in [1.82, 2.24) is 4.90 Å². The van der Waals surface area contributed by atoms with E-state index in [-0.39, 0.29) is 30.7 Å². The number of Topliss-reactive ketones (excluding diaryl/α,β-unsaturated/α-hetero) is 1. The summed E-state index contributed by atoms with van der Waals surface area (Å²) in [5.41, 5.74) is 7.29. The number of anilines is 1. The van der Waals surface area contributed by atoms with Crippen molar-refractivity contribution < 1.29 is 18.3 Å². The number of para-hydroxylation sites is 1. The number of ketones is 1. The molecule has 2 aromatic carbocycles. The van der Waals surface area contributed by atoms with Crippen LogP contribution in [0.25, 0.3) is 0 Å². The normalized spacial score (nSPS) is 17.6. The van der Waals surface area contributed by atoms with E-state index in [9.17, 15) is 18.3 Å². The second-order valence-corrected chi connectivity index (χ2v) is 9.59. The van der Waals surface area contributed by atoms with Gasteiger partial charge in [0.2, 0.25) is 10.0 Å². The van der Waals surface area contributed by atoms with E-state index in [1.807, 2.05) is 23.1 Å². The first kappa shape index (κ1) is 22.4. The van der Waals surface area contributed by atoms with Gasteiger partial charge in [-0.3, -0.25) is 14.0 Å². The van der Waals surface area contributed by atoms with Crippen LogP contribution < -0.4 is 10.0 Å². The minimum atomic E-state index is -3.60. The lowest BCUT2D eigenvalue weighted by Gasteiger charge is -2.31. The van der Waals surface area contributed by atoms with Crippen molar-refractivity contribution in [3.05, 3.63) is 65.7 Å². The van der Waals surface area contributed by atoms with E-state index in [1.165, 1.54) is 4.31 Å². The number of nitrogens with two attached hydrogens (primary N) is 1. The fourth-order valence-electron chi connectivity index (χ4n) is 3.61. The molecule has 7 nitrogen and oxygen atoms in total. The molecular weight excluding hydrogens is 402 g/mol. The van der Waals surface area contributed by atoms with E-state index >= 15 is 0 Å². The molecule has 1 atom stereocenters. The quantitative estimate of drug-likeness (QED) is 0.585. The Morgan fingerprint density at radius 3 is 2.47 bits per heavy atom. The number of benzene rings is 2. The predicted octanol–water partition coefficient (Wildman–Crippen LogP) is 1.62. The lowest BCUT2D eigenvalue weighted by Crippen LogP contribution is -2.43. The van der Waals surface area contributed by atoms with Crippen molar-refractivity contribution >= 4 is 21.5 Å². The van der Waals surface area contributed by atoms with Crippen molar-refractivity contribution in [3.8, 4) is 0 Å². The number of rotatable bonds is 9. The van der Waals surface area contributed by atoms with Gasteiger partial charge in [-0.1, -0.05) is 42.5 Å². The molecule has 1 aliphatic rings. The molecule has 30 heavy (non-hydrogen) atoms. The van der Waals surface area contributed by atoms with Crippen molar-refractivity contribution in [2.24, 2.45) is 5.73 Å². The van der Waals surface area contributed by atoms with Crippen LogP contribution in [0.15, 0.2) is 54.6 Å². The highest BCUT2D eigenvalue weighted by Gasteiger charge is 2.25. The summed E-state index contributed by atoms with van der Waals surface area (Å²) >= 11 is 0.